The maximum atomic E-state index is 13.4. The summed E-state index contributed by atoms with van der Waals surface area (Å²) in [6.07, 6.45) is -2.42. The number of rotatable bonds is 8. The van der Waals surface area contributed by atoms with Crippen LogP contribution in [0.2, 0.25) is 0 Å². The van der Waals surface area contributed by atoms with Crippen LogP contribution in [0, 0.1) is 0 Å². The van der Waals surface area contributed by atoms with Gasteiger partial charge in [-0.05, 0) is 69.1 Å². The molecule has 2 saturated heterocycles. The van der Waals surface area contributed by atoms with Crippen LogP contribution in [-0.4, -0.2) is 70.2 Å². The Labute approximate surface area is 253 Å². The second-order valence-electron chi connectivity index (χ2n) is 11.5. The molecule has 0 radical (unpaired) electrons. The molecule has 1 aromatic heterocycles. The number of carbonyl (C=O) groups excluding carboxylic acids is 2. The number of amides is 2. The fraction of sp³-hybridized carbons (Fsp3) is 0.484. The maximum Gasteiger partial charge on any atom is 0.404 e. The molecule has 230 valence electrons. The molecule has 43 heavy (non-hydrogen) atoms. The van der Waals surface area contributed by atoms with E-state index in [1.807, 2.05) is 24.3 Å². The third kappa shape index (κ3) is 7.53. The number of likely N-dealkylation sites (tertiary alicyclic amines) is 2. The summed E-state index contributed by atoms with van der Waals surface area (Å²) in [6, 6.07) is 10.6. The summed E-state index contributed by atoms with van der Waals surface area (Å²) in [4.78, 5) is 28.7. The van der Waals surface area contributed by atoms with Crippen LogP contribution in [0.3, 0.4) is 0 Å². The maximum absolute atomic E-state index is 13.4. The molecule has 0 spiro atoms. The van der Waals surface area contributed by atoms with Gasteiger partial charge in [-0.2, -0.15) is 13.2 Å². The first kappa shape index (κ1) is 30.9. The molecule has 3 heterocycles. The summed E-state index contributed by atoms with van der Waals surface area (Å²) in [5, 5.41) is 13.3. The zero-order chi connectivity index (χ0) is 30.7. The van der Waals surface area contributed by atoms with Crippen LogP contribution in [0.4, 0.5) is 13.2 Å². The summed E-state index contributed by atoms with van der Waals surface area (Å²) < 4.78 is 46.5. The number of carbonyl (C=O) groups is 2. The molecular formula is C31H36F3N5O3S. The second-order valence-corrected chi connectivity index (χ2v) is 12.6. The monoisotopic (exact) mass is 615 g/mol. The molecule has 0 saturated carbocycles. The summed E-state index contributed by atoms with van der Waals surface area (Å²) >= 11 is 1.54. The number of hydrogen-bond donors (Lipinski definition) is 1. The first-order valence-corrected chi connectivity index (χ1v) is 15.4. The molecule has 2 aliphatic heterocycles. The molecule has 5 rings (SSSR count). The number of ether oxygens (including phenoxy) is 1. The fourth-order valence-electron chi connectivity index (χ4n) is 5.44. The number of alkyl halides is 3. The standard InChI is InChI=1S/C31H36F3N5O3S/c1-19(2)29-36-37-30(43-29)20-8-11-24(12-9-20)42-25-17-21(6-7-22(25)18-39-15-4-5-27(39)40)28(41)35-23-10-13-26(31(32,33)34)38(3)16-14-23/h6-9,11-12,17,19,23,26H,4-5,10,13-16,18H2,1-3H3,(H,35,41). The van der Waals surface area contributed by atoms with Gasteiger partial charge in [-0.1, -0.05) is 31.3 Å². The van der Waals surface area contributed by atoms with Crippen molar-refractivity contribution < 1.29 is 27.5 Å². The Morgan fingerprint density at radius 2 is 1.86 bits per heavy atom. The Balaban J connectivity index is 1.33. The number of nitrogens with zero attached hydrogens (tertiary/aromatic N) is 4. The summed E-state index contributed by atoms with van der Waals surface area (Å²) in [5.74, 6) is 0.981. The van der Waals surface area contributed by atoms with Gasteiger partial charge in [-0.15, -0.1) is 10.2 Å². The molecule has 2 atom stereocenters. The van der Waals surface area contributed by atoms with E-state index in [1.54, 1.807) is 34.4 Å². The largest absolute Gasteiger partial charge is 0.457 e. The molecule has 2 unspecified atom stereocenters. The van der Waals surface area contributed by atoms with Crippen LogP contribution in [0.25, 0.3) is 10.6 Å². The average molecular weight is 616 g/mol. The van der Waals surface area contributed by atoms with E-state index < -0.39 is 12.2 Å². The number of nitrogens with one attached hydrogen (secondary N) is 1. The minimum atomic E-state index is -4.31. The van der Waals surface area contributed by atoms with Gasteiger partial charge in [-0.3, -0.25) is 14.5 Å². The summed E-state index contributed by atoms with van der Waals surface area (Å²) in [7, 11) is 1.47. The lowest BCUT2D eigenvalue weighted by Crippen LogP contribution is -2.42. The number of halogens is 3. The molecule has 0 bridgehead atoms. The Hall–Kier alpha value is -3.51. The first-order valence-electron chi connectivity index (χ1n) is 14.6. The van der Waals surface area contributed by atoms with Gasteiger partial charge in [0.25, 0.3) is 5.91 Å². The number of benzene rings is 2. The quantitative estimate of drug-likeness (QED) is 0.316. The highest BCUT2D eigenvalue weighted by Gasteiger charge is 2.43. The van der Waals surface area contributed by atoms with E-state index >= 15 is 0 Å². The van der Waals surface area contributed by atoms with E-state index in [2.05, 4.69) is 29.4 Å². The van der Waals surface area contributed by atoms with Crippen LogP contribution in [0.15, 0.2) is 42.5 Å². The molecule has 0 aliphatic carbocycles. The van der Waals surface area contributed by atoms with Crippen molar-refractivity contribution in [3.05, 3.63) is 58.6 Å². The number of hydrogen-bond acceptors (Lipinski definition) is 7. The molecule has 12 heteroatoms. The predicted molar refractivity (Wildman–Crippen MR) is 158 cm³/mol. The van der Waals surface area contributed by atoms with Gasteiger partial charge in [0, 0.05) is 54.7 Å². The predicted octanol–water partition coefficient (Wildman–Crippen LogP) is 6.39. The molecule has 2 fully saturated rings. The zero-order valence-electron chi connectivity index (χ0n) is 24.5. The van der Waals surface area contributed by atoms with Crippen molar-refractivity contribution in [2.24, 2.45) is 0 Å². The molecule has 2 aliphatic rings. The highest BCUT2D eigenvalue weighted by Crippen LogP contribution is 2.33. The smallest absolute Gasteiger partial charge is 0.404 e. The highest BCUT2D eigenvalue weighted by molar-refractivity contribution is 7.14. The minimum Gasteiger partial charge on any atom is -0.457 e. The molecule has 2 amide bonds. The van der Waals surface area contributed by atoms with Crippen molar-refractivity contribution in [1.29, 1.82) is 0 Å². The van der Waals surface area contributed by atoms with Crippen LogP contribution < -0.4 is 10.1 Å². The fourth-order valence-corrected chi connectivity index (χ4v) is 6.29. The van der Waals surface area contributed by atoms with Gasteiger partial charge in [-0.25, -0.2) is 0 Å². The van der Waals surface area contributed by atoms with Gasteiger partial charge in [0.2, 0.25) is 5.91 Å². The third-order valence-corrected chi connectivity index (χ3v) is 9.26. The van der Waals surface area contributed by atoms with Crippen molar-refractivity contribution in [2.45, 2.75) is 76.7 Å². The van der Waals surface area contributed by atoms with E-state index in [0.717, 1.165) is 27.6 Å². The minimum absolute atomic E-state index is 0.0745. The normalized spacial score (nSPS) is 20.0. The lowest BCUT2D eigenvalue weighted by atomic mass is 10.0. The molecule has 1 N–H and O–H groups in total. The van der Waals surface area contributed by atoms with Gasteiger partial charge >= 0.3 is 6.18 Å². The van der Waals surface area contributed by atoms with Crippen molar-refractivity contribution in [3.8, 4) is 22.1 Å². The lowest BCUT2D eigenvalue weighted by molar-refractivity contribution is -0.180. The number of aromatic nitrogens is 2. The van der Waals surface area contributed by atoms with E-state index in [0.29, 0.717) is 48.9 Å². The van der Waals surface area contributed by atoms with Crippen LogP contribution >= 0.6 is 11.3 Å². The van der Waals surface area contributed by atoms with E-state index in [1.165, 1.54) is 11.9 Å². The van der Waals surface area contributed by atoms with E-state index in [4.69, 9.17) is 4.74 Å². The van der Waals surface area contributed by atoms with Crippen LogP contribution in [0.1, 0.15) is 72.8 Å². The Morgan fingerprint density at radius 1 is 1.09 bits per heavy atom. The molecule has 8 nitrogen and oxygen atoms in total. The third-order valence-electron chi connectivity index (χ3n) is 7.99. The van der Waals surface area contributed by atoms with E-state index in [-0.39, 0.29) is 37.2 Å². The van der Waals surface area contributed by atoms with Gasteiger partial charge in [0.05, 0.1) is 0 Å². The van der Waals surface area contributed by atoms with Crippen LogP contribution in [0.5, 0.6) is 11.5 Å². The summed E-state index contributed by atoms with van der Waals surface area (Å²) in [6.45, 7) is 5.38. The highest BCUT2D eigenvalue weighted by atomic mass is 32.1. The topological polar surface area (TPSA) is 87.7 Å². The Bertz CT molecular complexity index is 1440. The second kappa shape index (κ2) is 13.0. The van der Waals surface area contributed by atoms with Crippen molar-refractivity contribution >= 4 is 23.2 Å². The molecule has 3 aromatic rings. The molecule has 2 aromatic carbocycles. The van der Waals surface area contributed by atoms with Gasteiger partial charge in [0.15, 0.2) is 0 Å². The van der Waals surface area contributed by atoms with Crippen molar-refractivity contribution in [3.63, 3.8) is 0 Å². The SMILES string of the molecule is CC(C)c1nnc(-c2ccc(Oc3cc(C(=O)NC4CCC(C(F)(F)F)N(C)CC4)ccc3CN3CCCC3=O)cc2)s1. The van der Waals surface area contributed by atoms with Crippen LogP contribution in [-0.2, 0) is 11.3 Å². The van der Waals surface area contributed by atoms with Gasteiger partial charge < -0.3 is 15.0 Å². The van der Waals surface area contributed by atoms with Gasteiger partial charge in [0.1, 0.15) is 27.6 Å². The zero-order valence-corrected chi connectivity index (χ0v) is 25.3. The molecular weight excluding hydrogens is 579 g/mol. The Morgan fingerprint density at radius 3 is 2.51 bits per heavy atom. The summed E-state index contributed by atoms with van der Waals surface area (Å²) in [5.41, 5.74) is 2.00. The van der Waals surface area contributed by atoms with Crippen molar-refractivity contribution in [1.82, 2.24) is 25.3 Å². The average Bonchev–Trinajstić information content (AvgIpc) is 3.57. The van der Waals surface area contributed by atoms with E-state index in [9.17, 15) is 22.8 Å². The van der Waals surface area contributed by atoms with Crippen molar-refractivity contribution in [2.75, 3.05) is 20.1 Å². The first-order chi connectivity index (χ1) is 20.5. The lowest BCUT2D eigenvalue weighted by Gasteiger charge is -2.27. The Kier molecular flexibility index (Phi) is 9.36.